The van der Waals surface area contributed by atoms with Crippen molar-refractivity contribution in [3.05, 3.63) is 27.9 Å². The van der Waals surface area contributed by atoms with E-state index in [2.05, 4.69) is 37.9 Å². The largest absolute Gasteiger partial charge is 0.489 e. The molecule has 94 valence electrons. The summed E-state index contributed by atoms with van der Waals surface area (Å²) in [5.41, 5.74) is 4.27. The first-order chi connectivity index (χ1) is 8.84. The number of hydrogen-bond donors (Lipinski definition) is 1. The van der Waals surface area contributed by atoms with Crippen LogP contribution in [0.2, 0.25) is 0 Å². The highest BCUT2D eigenvalue weighted by atomic mass is 79.9. The van der Waals surface area contributed by atoms with E-state index in [4.69, 9.17) is 4.74 Å². The third-order valence-corrected chi connectivity index (χ3v) is 4.41. The number of rotatable bonds is 0. The van der Waals surface area contributed by atoms with Crippen molar-refractivity contribution in [3.8, 4) is 5.75 Å². The van der Waals surface area contributed by atoms with Gasteiger partial charge in [0.05, 0.1) is 12.1 Å². The van der Waals surface area contributed by atoms with Crippen LogP contribution in [0.3, 0.4) is 0 Å². The highest BCUT2D eigenvalue weighted by molar-refractivity contribution is 9.10. The van der Waals surface area contributed by atoms with Gasteiger partial charge >= 0.3 is 0 Å². The van der Waals surface area contributed by atoms with Crippen molar-refractivity contribution in [1.82, 2.24) is 9.88 Å². The Labute approximate surface area is 114 Å². The fourth-order valence-electron chi connectivity index (χ4n) is 3.22. The molecule has 0 bridgehead atoms. The Morgan fingerprint density at radius 3 is 3.22 bits per heavy atom. The molecular weight excluding hydrogens is 292 g/mol. The summed E-state index contributed by atoms with van der Waals surface area (Å²) in [6, 6.07) is 4.32. The van der Waals surface area contributed by atoms with Crippen LogP contribution in [0.1, 0.15) is 17.7 Å². The molecule has 3 nitrogen and oxygen atoms in total. The van der Waals surface area contributed by atoms with Crippen molar-refractivity contribution in [2.45, 2.75) is 25.9 Å². The second-order valence-electron chi connectivity index (χ2n) is 5.01. The Morgan fingerprint density at radius 2 is 2.28 bits per heavy atom. The fraction of sp³-hybridized carbons (Fsp3) is 0.429. The summed E-state index contributed by atoms with van der Waals surface area (Å²) in [5, 5.41) is 4.87. The van der Waals surface area contributed by atoms with E-state index in [1.165, 1.54) is 35.0 Å². The van der Waals surface area contributed by atoms with E-state index < -0.39 is 0 Å². The van der Waals surface area contributed by atoms with Gasteiger partial charge in [0.25, 0.3) is 0 Å². The molecule has 2 aliphatic heterocycles. The minimum Gasteiger partial charge on any atom is -0.489 e. The van der Waals surface area contributed by atoms with Crippen LogP contribution in [-0.4, -0.2) is 17.7 Å². The Morgan fingerprint density at radius 1 is 1.33 bits per heavy atom. The Hall–Kier alpha value is -1.00. The molecule has 2 aromatic rings. The second-order valence-corrected chi connectivity index (χ2v) is 5.92. The van der Waals surface area contributed by atoms with Crippen molar-refractivity contribution >= 4 is 26.8 Å². The molecule has 2 aliphatic rings. The first kappa shape index (κ1) is 10.9. The second kappa shape index (κ2) is 4.00. The van der Waals surface area contributed by atoms with Crippen LogP contribution in [0.15, 0.2) is 16.6 Å². The van der Waals surface area contributed by atoms with Gasteiger partial charge in [0, 0.05) is 22.1 Å². The quantitative estimate of drug-likeness (QED) is 0.810. The van der Waals surface area contributed by atoms with Crippen LogP contribution in [0.25, 0.3) is 10.9 Å². The third kappa shape index (κ3) is 1.45. The van der Waals surface area contributed by atoms with Gasteiger partial charge in [-0.3, -0.25) is 0 Å². The van der Waals surface area contributed by atoms with Crippen molar-refractivity contribution < 1.29 is 4.74 Å². The molecular formula is C14H15BrN2O. The zero-order chi connectivity index (χ0) is 12.1. The van der Waals surface area contributed by atoms with Gasteiger partial charge in [0.1, 0.15) is 12.4 Å². The maximum Gasteiger partial charge on any atom is 0.144 e. The van der Waals surface area contributed by atoms with Gasteiger partial charge < -0.3 is 14.6 Å². The van der Waals surface area contributed by atoms with Gasteiger partial charge in [-0.2, -0.15) is 0 Å². The lowest BCUT2D eigenvalue weighted by atomic mass is 10.1. The molecule has 0 radical (unpaired) electrons. The molecule has 0 unspecified atom stereocenters. The predicted molar refractivity (Wildman–Crippen MR) is 75.2 cm³/mol. The van der Waals surface area contributed by atoms with Crippen LogP contribution >= 0.6 is 15.9 Å². The lowest BCUT2D eigenvalue weighted by molar-refractivity contribution is 0.284. The lowest BCUT2D eigenvalue weighted by Gasteiger charge is -2.19. The topological polar surface area (TPSA) is 26.2 Å². The van der Waals surface area contributed by atoms with Crippen LogP contribution in [0.5, 0.6) is 5.75 Å². The maximum absolute atomic E-state index is 5.81. The summed E-state index contributed by atoms with van der Waals surface area (Å²) in [5.74, 6) is 1.03. The van der Waals surface area contributed by atoms with Crippen LogP contribution in [0.4, 0.5) is 0 Å². The summed E-state index contributed by atoms with van der Waals surface area (Å²) >= 11 is 3.60. The number of nitrogens with zero attached hydrogens (tertiary/aromatic N) is 1. The number of aromatic nitrogens is 1. The molecule has 18 heavy (non-hydrogen) atoms. The zero-order valence-corrected chi connectivity index (χ0v) is 11.7. The van der Waals surface area contributed by atoms with Crippen molar-refractivity contribution in [3.63, 3.8) is 0 Å². The number of benzene rings is 1. The molecule has 4 heteroatoms. The molecule has 0 saturated carbocycles. The molecule has 0 atom stereocenters. The first-order valence-corrected chi connectivity index (χ1v) is 7.31. The number of ether oxygens (including phenoxy) is 1. The highest BCUT2D eigenvalue weighted by Crippen LogP contribution is 2.38. The van der Waals surface area contributed by atoms with Gasteiger partial charge in [0.2, 0.25) is 0 Å². The number of nitrogens with one attached hydrogen (secondary N) is 1. The summed E-state index contributed by atoms with van der Waals surface area (Å²) in [6.07, 6.45) is 2.40. The molecule has 4 rings (SSSR count). The maximum atomic E-state index is 5.81. The molecule has 1 aromatic carbocycles. The smallest absolute Gasteiger partial charge is 0.144 e. The van der Waals surface area contributed by atoms with E-state index in [9.17, 15) is 0 Å². The number of halogens is 1. The van der Waals surface area contributed by atoms with E-state index in [-0.39, 0.29) is 0 Å². The Bertz CT molecular complexity index is 632. The van der Waals surface area contributed by atoms with Gasteiger partial charge in [0.15, 0.2) is 0 Å². The van der Waals surface area contributed by atoms with E-state index in [1.54, 1.807) is 0 Å². The van der Waals surface area contributed by atoms with E-state index in [0.29, 0.717) is 0 Å². The predicted octanol–water partition coefficient (Wildman–Crippen LogP) is 2.83. The first-order valence-electron chi connectivity index (χ1n) is 6.51. The summed E-state index contributed by atoms with van der Waals surface area (Å²) < 4.78 is 9.40. The summed E-state index contributed by atoms with van der Waals surface area (Å²) in [6.45, 7) is 3.87. The van der Waals surface area contributed by atoms with Crippen LogP contribution in [0, 0.1) is 0 Å². The Kier molecular flexibility index (Phi) is 2.42. The highest BCUT2D eigenvalue weighted by Gasteiger charge is 2.24. The third-order valence-electron chi connectivity index (χ3n) is 3.95. The van der Waals surface area contributed by atoms with Crippen molar-refractivity contribution in [2.75, 3.05) is 13.2 Å². The van der Waals surface area contributed by atoms with Crippen LogP contribution < -0.4 is 10.1 Å². The molecule has 1 N–H and O–H groups in total. The van der Waals surface area contributed by atoms with Gasteiger partial charge in [-0.1, -0.05) is 15.9 Å². The molecule has 0 fully saturated rings. The van der Waals surface area contributed by atoms with E-state index >= 15 is 0 Å². The summed E-state index contributed by atoms with van der Waals surface area (Å²) in [4.78, 5) is 0. The zero-order valence-electron chi connectivity index (χ0n) is 10.1. The van der Waals surface area contributed by atoms with Gasteiger partial charge in [-0.25, -0.2) is 0 Å². The summed E-state index contributed by atoms with van der Waals surface area (Å²) in [7, 11) is 0. The monoisotopic (exact) mass is 306 g/mol. The van der Waals surface area contributed by atoms with Crippen LogP contribution in [-0.2, 0) is 19.5 Å². The molecule has 0 aliphatic carbocycles. The van der Waals surface area contributed by atoms with Crippen molar-refractivity contribution in [1.29, 1.82) is 0 Å². The average molecular weight is 307 g/mol. The molecule has 0 saturated heterocycles. The van der Waals surface area contributed by atoms with Gasteiger partial charge in [-0.15, -0.1) is 0 Å². The minimum absolute atomic E-state index is 0.785. The molecule has 0 amide bonds. The average Bonchev–Trinajstić information content (AvgIpc) is 2.55. The van der Waals surface area contributed by atoms with Gasteiger partial charge in [-0.05, 0) is 37.1 Å². The number of hydrogen-bond acceptors (Lipinski definition) is 2. The standard InChI is InChI=1S/C14H15BrN2O/c15-9-6-10-11-8-16-3-1-2-12(11)17-4-5-18-13(7-9)14(10)17/h6-7,16H,1-5,8H2. The Balaban J connectivity index is 2.10. The van der Waals surface area contributed by atoms with E-state index in [0.717, 1.165) is 36.5 Å². The fourth-order valence-corrected chi connectivity index (χ4v) is 3.65. The SMILES string of the molecule is Brc1cc2c3c(c1)c1c(n3CCO2)CCCNC1. The van der Waals surface area contributed by atoms with E-state index in [1.807, 2.05) is 0 Å². The molecule has 3 heterocycles. The number of fused-ring (bicyclic) bond motifs is 3. The molecule has 0 spiro atoms. The van der Waals surface area contributed by atoms with Crippen molar-refractivity contribution in [2.24, 2.45) is 0 Å². The normalized spacial score (nSPS) is 18.3. The molecule has 1 aromatic heterocycles. The minimum atomic E-state index is 0.785. The lowest BCUT2D eigenvalue weighted by Crippen LogP contribution is -2.16.